The van der Waals surface area contributed by atoms with Gasteiger partial charge in [-0.2, -0.15) is 0 Å². The Labute approximate surface area is 174 Å². The summed E-state index contributed by atoms with van der Waals surface area (Å²) in [5.41, 5.74) is 5.14. The van der Waals surface area contributed by atoms with Crippen LogP contribution in [-0.2, 0) is 21.8 Å². The van der Waals surface area contributed by atoms with Crippen molar-refractivity contribution in [2.75, 3.05) is 5.75 Å². The molecule has 0 unspecified atom stereocenters. The number of ketones is 1. The number of hydrogen-bond donors (Lipinski definition) is 1. The molecule has 9 heteroatoms. The molecule has 0 bridgehead atoms. The van der Waals surface area contributed by atoms with Gasteiger partial charge in [0.1, 0.15) is 27.6 Å². The molecular formula is C21H23F2N3O3S. The first kappa shape index (κ1) is 22.0. The summed E-state index contributed by atoms with van der Waals surface area (Å²) in [6.45, 7) is 6.05. The van der Waals surface area contributed by atoms with Gasteiger partial charge in [0.25, 0.3) is 0 Å². The van der Waals surface area contributed by atoms with Crippen LogP contribution in [0.4, 0.5) is 8.78 Å². The third-order valence-corrected chi connectivity index (χ3v) is 8.16. The summed E-state index contributed by atoms with van der Waals surface area (Å²) < 4.78 is 52.9. The first-order valence-corrected chi connectivity index (χ1v) is 10.9. The van der Waals surface area contributed by atoms with Crippen molar-refractivity contribution in [3.63, 3.8) is 0 Å². The van der Waals surface area contributed by atoms with Crippen molar-refractivity contribution in [3.05, 3.63) is 64.5 Å². The molecule has 0 saturated carbocycles. The molecule has 0 spiro atoms. The second kappa shape index (κ2) is 7.23. The van der Waals surface area contributed by atoms with Crippen LogP contribution in [-0.4, -0.2) is 35.5 Å². The van der Waals surface area contributed by atoms with Crippen LogP contribution in [0.2, 0.25) is 0 Å². The molecule has 1 aliphatic rings. The molecule has 160 valence electrons. The zero-order valence-corrected chi connectivity index (χ0v) is 18.0. The number of carbonyl (C=O) groups is 1. The topological polar surface area (TPSA) is 102 Å². The summed E-state index contributed by atoms with van der Waals surface area (Å²) in [5, 5.41) is 0. The van der Waals surface area contributed by atoms with Gasteiger partial charge in [-0.1, -0.05) is 6.07 Å². The van der Waals surface area contributed by atoms with Crippen LogP contribution in [0.25, 0.3) is 0 Å². The fraction of sp³-hybridized carbons (Fsp3) is 0.381. The fourth-order valence-electron chi connectivity index (χ4n) is 3.38. The molecule has 2 heterocycles. The maximum Gasteiger partial charge on any atom is 0.188 e. The number of carbonyl (C=O) groups excluding carboxylic acids is 1. The van der Waals surface area contributed by atoms with E-state index in [-0.39, 0.29) is 23.5 Å². The van der Waals surface area contributed by atoms with Crippen LogP contribution < -0.4 is 5.73 Å². The molecule has 1 aliphatic heterocycles. The van der Waals surface area contributed by atoms with Crippen LogP contribution >= 0.6 is 0 Å². The highest BCUT2D eigenvalue weighted by molar-refractivity contribution is 7.93. The standard InChI is InChI=1S/C21H23F2N3O3S/c1-12-7-16(23)18(25-10-12)17(27)9-13-5-6-15(22)14(8-13)21(4)11-30(28,29)20(2,3)19(24)26-21/h5-8,10H,9,11H2,1-4H3,(H2,24,26)/t21-/m0/s1. The van der Waals surface area contributed by atoms with Crippen LogP contribution in [0.1, 0.15) is 48.0 Å². The van der Waals surface area contributed by atoms with Gasteiger partial charge in [0.15, 0.2) is 21.4 Å². The number of benzene rings is 1. The molecular weight excluding hydrogens is 412 g/mol. The molecule has 0 radical (unpaired) electrons. The first-order chi connectivity index (χ1) is 13.8. The number of halogens is 2. The molecule has 1 aromatic carbocycles. The van der Waals surface area contributed by atoms with Crippen molar-refractivity contribution in [1.82, 2.24) is 4.98 Å². The Bertz CT molecular complexity index is 1180. The average Bonchev–Trinajstić information content (AvgIpc) is 2.61. The van der Waals surface area contributed by atoms with Gasteiger partial charge in [0.05, 0.1) is 5.75 Å². The quantitative estimate of drug-likeness (QED) is 0.744. The van der Waals surface area contributed by atoms with E-state index >= 15 is 0 Å². The first-order valence-electron chi connectivity index (χ1n) is 9.29. The summed E-state index contributed by atoms with van der Waals surface area (Å²) in [7, 11) is -3.72. The van der Waals surface area contributed by atoms with Crippen molar-refractivity contribution in [1.29, 1.82) is 0 Å². The van der Waals surface area contributed by atoms with E-state index in [4.69, 9.17) is 5.73 Å². The molecule has 1 atom stereocenters. The van der Waals surface area contributed by atoms with Crippen LogP contribution in [0.15, 0.2) is 35.5 Å². The minimum absolute atomic E-state index is 0.00663. The number of sulfone groups is 1. The number of nitrogens with zero attached hydrogens (tertiary/aromatic N) is 2. The molecule has 30 heavy (non-hydrogen) atoms. The molecule has 0 fully saturated rings. The van der Waals surface area contributed by atoms with Crippen LogP contribution in [0.3, 0.4) is 0 Å². The minimum Gasteiger partial charge on any atom is -0.386 e. The molecule has 6 nitrogen and oxygen atoms in total. The van der Waals surface area contributed by atoms with E-state index < -0.39 is 43.3 Å². The highest BCUT2D eigenvalue weighted by atomic mass is 32.2. The Morgan fingerprint density at radius 3 is 2.43 bits per heavy atom. The predicted octanol–water partition coefficient (Wildman–Crippen LogP) is 2.87. The molecule has 1 aromatic heterocycles. The van der Waals surface area contributed by atoms with E-state index in [2.05, 4.69) is 9.98 Å². The molecule has 2 N–H and O–H groups in total. The summed E-state index contributed by atoms with van der Waals surface area (Å²) in [4.78, 5) is 20.7. The Kier molecular flexibility index (Phi) is 5.30. The lowest BCUT2D eigenvalue weighted by atomic mass is 9.90. The summed E-state index contributed by atoms with van der Waals surface area (Å²) in [5.74, 6) is -2.51. The number of nitrogens with two attached hydrogens (primary N) is 1. The number of Topliss-reactive ketones (excluding diaryl/α,β-unsaturated/α-hetero) is 1. The average molecular weight is 435 g/mol. The third-order valence-electron chi connectivity index (χ3n) is 5.45. The lowest BCUT2D eigenvalue weighted by Gasteiger charge is -2.38. The zero-order valence-electron chi connectivity index (χ0n) is 17.2. The number of rotatable bonds is 4. The van der Waals surface area contributed by atoms with Crippen LogP contribution in [0.5, 0.6) is 0 Å². The van der Waals surface area contributed by atoms with Crippen molar-refractivity contribution in [3.8, 4) is 0 Å². The van der Waals surface area contributed by atoms with E-state index in [1.54, 1.807) is 6.92 Å². The minimum atomic E-state index is -3.72. The van der Waals surface area contributed by atoms with Crippen LogP contribution in [0, 0.1) is 18.6 Å². The van der Waals surface area contributed by atoms with Gasteiger partial charge >= 0.3 is 0 Å². The Morgan fingerprint density at radius 1 is 1.17 bits per heavy atom. The van der Waals surface area contributed by atoms with Crippen molar-refractivity contribution in [2.24, 2.45) is 10.7 Å². The van der Waals surface area contributed by atoms with Gasteiger partial charge < -0.3 is 5.73 Å². The second-order valence-corrected chi connectivity index (χ2v) is 10.8. The summed E-state index contributed by atoms with van der Waals surface area (Å²) in [6.07, 6.45) is 1.16. The number of aryl methyl sites for hydroxylation is 1. The van der Waals surface area contributed by atoms with Crippen molar-refractivity contribution < 1.29 is 22.0 Å². The normalized spacial score (nSPS) is 22.4. The molecule has 0 aliphatic carbocycles. The van der Waals surface area contributed by atoms with E-state index in [9.17, 15) is 22.0 Å². The maximum absolute atomic E-state index is 14.7. The van der Waals surface area contributed by atoms with Gasteiger partial charge in [-0.05, 0) is 57.0 Å². The lowest BCUT2D eigenvalue weighted by molar-refractivity contribution is 0.0983. The summed E-state index contributed by atoms with van der Waals surface area (Å²) >= 11 is 0. The van der Waals surface area contributed by atoms with Gasteiger partial charge in [0, 0.05) is 18.2 Å². The number of aromatic nitrogens is 1. The van der Waals surface area contributed by atoms with Gasteiger partial charge in [-0.25, -0.2) is 22.2 Å². The number of amidine groups is 1. The largest absolute Gasteiger partial charge is 0.386 e. The van der Waals surface area contributed by atoms with Crippen molar-refractivity contribution in [2.45, 2.75) is 44.4 Å². The number of aliphatic imine (C=N–C) groups is 1. The molecule has 0 amide bonds. The highest BCUT2D eigenvalue weighted by Crippen LogP contribution is 2.38. The van der Waals surface area contributed by atoms with E-state index in [1.165, 1.54) is 45.2 Å². The maximum atomic E-state index is 14.7. The van der Waals surface area contributed by atoms with E-state index in [0.29, 0.717) is 11.1 Å². The Hall–Kier alpha value is -2.68. The molecule has 3 rings (SSSR count). The second-order valence-electron chi connectivity index (χ2n) is 8.30. The third kappa shape index (κ3) is 3.74. The van der Waals surface area contributed by atoms with E-state index in [0.717, 1.165) is 6.07 Å². The van der Waals surface area contributed by atoms with Gasteiger partial charge in [-0.3, -0.25) is 9.79 Å². The predicted molar refractivity (Wildman–Crippen MR) is 110 cm³/mol. The fourth-order valence-corrected chi connectivity index (χ4v) is 5.07. The SMILES string of the molecule is Cc1cnc(C(=O)Cc2ccc(F)c([C@]3(C)CS(=O)(=O)C(C)(C)C(N)=N3)c2)c(F)c1. The Balaban J connectivity index is 2.00. The highest BCUT2D eigenvalue weighted by Gasteiger charge is 2.49. The zero-order chi connectivity index (χ0) is 22.5. The smallest absolute Gasteiger partial charge is 0.188 e. The molecule has 2 aromatic rings. The van der Waals surface area contributed by atoms with Gasteiger partial charge in [0.2, 0.25) is 0 Å². The number of hydrogen-bond acceptors (Lipinski definition) is 6. The monoisotopic (exact) mass is 435 g/mol. The Morgan fingerprint density at radius 2 is 1.83 bits per heavy atom. The molecule has 0 saturated heterocycles. The summed E-state index contributed by atoms with van der Waals surface area (Å²) in [6, 6.07) is 5.12. The number of pyridine rings is 1. The van der Waals surface area contributed by atoms with Gasteiger partial charge in [-0.15, -0.1) is 0 Å². The lowest BCUT2D eigenvalue weighted by Crippen LogP contribution is -2.55. The van der Waals surface area contributed by atoms with Crippen molar-refractivity contribution >= 4 is 21.5 Å². The van der Waals surface area contributed by atoms with E-state index in [1.807, 2.05) is 0 Å².